The van der Waals surface area contributed by atoms with E-state index >= 15 is 0 Å². The molecule has 3 rings (SSSR count). The second kappa shape index (κ2) is 16.9. The Morgan fingerprint density at radius 3 is 2.26 bits per heavy atom. The summed E-state index contributed by atoms with van der Waals surface area (Å²) < 4.78 is 0. The van der Waals surface area contributed by atoms with Crippen LogP contribution in [0.2, 0.25) is 0 Å². The van der Waals surface area contributed by atoms with E-state index in [1.54, 1.807) is 11.3 Å². The number of carbonyl (C=O) groups excluding carboxylic acids is 3. The summed E-state index contributed by atoms with van der Waals surface area (Å²) in [6.45, 7) is 8.81. The van der Waals surface area contributed by atoms with Gasteiger partial charge in [-0.25, -0.2) is 4.98 Å². The summed E-state index contributed by atoms with van der Waals surface area (Å²) in [5.74, 6) is -0.803. The van der Waals surface area contributed by atoms with E-state index in [-0.39, 0.29) is 30.7 Å². The molecule has 0 saturated carbocycles. The van der Waals surface area contributed by atoms with Crippen molar-refractivity contribution < 1.29 is 19.5 Å². The van der Waals surface area contributed by atoms with E-state index in [2.05, 4.69) is 15.6 Å². The molecule has 43 heavy (non-hydrogen) atoms. The Kier molecular flexibility index (Phi) is 13.6. The molecule has 0 spiro atoms. The summed E-state index contributed by atoms with van der Waals surface area (Å²) >= 11 is 1.59. The first-order valence-corrected chi connectivity index (χ1v) is 16.6. The highest BCUT2D eigenvalue weighted by Gasteiger charge is 2.44. The summed E-state index contributed by atoms with van der Waals surface area (Å²) in [4.78, 5) is 46.8. The van der Waals surface area contributed by atoms with Gasteiger partial charge in [-0.3, -0.25) is 14.4 Å². The lowest BCUT2D eigenvalue weighted by molar-refractivity contribution is -0.144. The van der Waals surface area contributed by atoms with Gasteiger partial charge in [0.25, 0.3) is 0 Å². The van der Waals surface area contributed by atoms with Crippen molar-refractivity contribution in [3.05, 3.63) is 41.0 Å². The molecular formula is C33H51N5O4S. The average molecular weight is 614 g/mol. The Hall–Kier alpha value is -2.82. The van der Waals surface area contributed by atoms with Crippen LogP contribution >= 0.6 is 11.3 Å². The number of amides is 3. The number of hydrogen-bond acceptors (Lipinski definition) is 7. The van der Waals surface area contributed by atoms with Crippen LogP contribution in [0.4, 0.5) is 0 Å². The van der Waals surface area contributed by atoms with Crippen LogP contribution in [0, 0.1) is 12.3 Å². The largest absolute Gasteiger partial charge is 0.391 e. The first-order valence-electron chi connectivity index (χ1n) is 15.8. The molecule has 1 aromatic carbocycles. The molecular weight excluding hydrogens is 562 g/mol. The van der Waals surface area contributed by atoms with Gasteiger partial charge in [-0.1, -0.05) is 83.6 Å². The number of aryl methyl sites for hydroxylation is 1. The van der Waals surface area contributed by atoms with Gasteiger partial charge in [0.2, 0.25) is 17.7 Å². The maximum atomic E-state index is 13.8. The molecule has 0 radical (unpaired) electrons. The first kappa shape index (κ1) is 34.7. The first-order chi connectivity index (χ1) is 20.5. The number of nitrogens with zero attached hydrogens (tertiary/aromatic N) is 2. The van der Waals surface area contributed by atoms with Crippen LogP contribution in [-0.4, -0.2) is 64.0 Å². The number of aliphatic hydroxyl groups excluding tert-OH is 1. The molecule has 1 fully saturated rings. The molecule has 2 aromatic rings. The maximum absolute atomic E-state index is 13.8. The molecule has 3 amide bonds. The van der Waals surface area contributed by atoms with Crippen molar-refractivity contribution >= 4 is 29.1 Å². The second-order valence-electron chi connectivity index (χ2n) is 12.8. The number of hydrogen-bond donors (Lipinski definition) is 4. The van der Waals surface area contributed by atoms with Crippen LogP contribution in [0.5, 0.6) is 0 Å². The topological polar surface area (TPSA) is 138 Å². The van der Waals surface area contributed by atoms with Gasteiger partial charge in [0.1, 0.15) is 12.1 Å². The van der Waals surface area contributed by atoms with Crippen LogP contribution < -0.4 is 16.4 Å². The van der Waals surface area contributed by atoms with Gasteiger partial charge in [-0.05, 0) is 42.9 Å². The monoisotopic (exact) mass is 613 g/mol. The van der Waals surface area contributed by atoms with Crippen LogP contribution in [-0.2, 0) is 20.9 Å². The molecule has 10 heteroatoms. The molecule has 1 aromatic heterocycles. The van der Waals surface area contributed by atoms with Crippen LogP contribution in [0.1, 0.15) is 96.2 Å². The number of carbonyl (C=O) groups is 3. The Labute approximate surface area is 261 Å². The Bertz CT molecular complexity index is 1180. The van der Waals surface area contributed by atoms with Crippen LogP contribution in [0.25, 0.3) is 10.4 Å². The lowest BCUT2D eigenvalue weighted by Gasteiger charge is -2.35. The minimum absolute atomic E-state index is 0.0630. The lowest BCUT2D eigenvalue weighted by atomic mass is 9.85. The number of β-amino-alcohol motifs (C(OH)–C–C–N with tert-alkyl or cyclic N) is 1. The lowest BCUT2D eigenvalue weighted by Crippen LogP contribution is -2.57. The summed E-state index contributed by atoms with van der Waals surface area (Å²) in [7, 11) is 0. The Balaban J connectivity index is 1.52. The number of aromatic nitrogens is 1. The molecule has 5 N–H and O–H groups in total. The number of nitrogens with one attached hydrogen (secondary N) is 2. The van der Waals surface area contributed by atoms with Crippen molar-refractivity contribution in [3.63, 3.8) is 0 Å². The Morgan fingerprint density at radius 1 is 1.05 bits per heavy atom. The van der Waals surface area contributed by atoms with Gasteiger partial charge < -0.3 is 26.4 Å². The van der Waals surface area contributed by atoms with E-state index in [0.29, 0.717) is 13.0 Å². The third-order valence-corrected chi connectivity index (χ3v) is 9.05. The number of aliphatic hydroxyl groups is 1. The smallest absolute Gasteiger partial charge is 0.246 e. The minimum atomic E-state index is -0.800. The molecule has 238 valence electrons. The van der Waals surface area contributed by atoms with Crippen molar-refractivity contribution in [2.24, 2.45) is 11.1 Å². The summed E-state index contributed by atoms with van der Waals surface area (Å²) in [5, 5.41) is 16.3. The SMILES string of the molecule is Cc1ncsc1-c1ccc(CNC(=O)[C@@H]2C[C@@H](O)CN2C(=O)[C@H](NC(=O)CCCCCCCCCCN)C(C)(C)C)cc1. The zero-order valence-corrected chi connectivity index (χ0v) is 27.2. The molecule has 0 aliphatic carbocycles. The summed E-state index contributed by atoms with van der Waals surface area (Å²) in [5.41, 5.74) is 9.80. The standard InChI is InChI=1S/C33H51N5O4S/c1-23-29(43-22-36-23)25-16-14-24(15-17-25)20-35-31(41)27-19-26(39)21-38(27)32(42)30(33(2,3)4)37-28(40)13-11-9-7-5-6-8-10-12-18-34/h14-17,22,26-27,30,39H,5-13,18-21,34H2,1-4H3,(H,35,41)(H,37,40)/t26-,27+,30+/m1/s1. The van der Waals surface area contributed by atoms with E-state index in [0.717, 1.165) is 60.3 Å². The summed E-state index contributed by atoms with van der Waals surface area (Å²) in [6, 6.07) is 6.36. The fraction of sp³-hybridized carbons (Fsp3) is 0.636. The van der Waals surface area contributed by atoms with Crippen molar-refractivity contribution in [3.8, 4) is 10.4 Å². The van der Waals surface area contributed by atoms with E-state index in [1.807, 2.05) is 57.5 Å². The van der Waals surface area contributed by atoms with Crippen molar-refractivity contribution in [2.45, 2.75) is 117 Å². The highest BCUT2D eigenvalue weighted by Crippen LogP contribution is 2.28. The fourth-order valence-electron chi connectivity index (χ4n) is 5.50. The third-order valence-electron chi connectivity index (χ3n) is 8.07. The van der Waals surface area contributed by atoms with E-state index in [4.69, 9.17) is 5.73 Å². The maximum Gasteiger partial charge on any atom is 0.246 e. The number of benzene rings is 1. The van der Waals surface area contributed by atoms with Crippen molar-refractivity contribution in [2.75, 3.05) is 13.1 Å². The average Bonchev–Trinajstić information content (AvgIpc) is 3.58. The molecule has 1 aliphatic heterocycles. The minimum Gasteiger partial charge on any atom is -0.391 e. The molecule has 2 heterocycles. The van der Waals surface area contributed by atoms with Gasteiger partial charge in [0.05, 0.1) is 22.2 Å². The third kappa shape index (κ3) is 10.7. The molecule has 1 aliphatic rings. The van der Waals surface area contributed by atoms with Gasteiger partial charge in [-0.2, -0.15) is 0 Å². The number of thiazole rings is 1. The van der Waals surface area contributed by atoms with E-state index < -0.39 is 23.6 Å². The van der Waals surface area contributed by atoms with Gasteiger partial charge >= 0.3 is 0 Å². The normalized spacial score (nSPS) is 17.6. The molecule has 3 atom stereocenters. The van der Waals surface area contributed by atoms with Gasteiger partial charge in [0.15, 0.2) is 0 Å². The molecule has 0 bridgehead atoms. The molecule has 1 saturated heterocycles. The number of nitrogens with two attached hydrogens (primary N) is 1. The highest BCUT2D eigenvalue weighted by molar-refractivity contribution is 7.13. The molecule has 0 unspecified atom stereocenters. The second-order valence-corrected chi connectivity index (χ2v) is 13.7. The van der Waals surface area contributed by atoms with Crippen LogP contribution in [0.15, 0.2) is 29.8 Å². The number of rotatable bonds is 16. The quantitative estimate of drug-likeness (QED) is 0.203. The van der Waals surface area contributed by atoms with E-state index in [1.165, 1.54) is 24.2 Å². The number of unbranched alkanes of at least 4 members (excludes halogenated alkanes) is 7. The van der Waals surface area contributed by atoms with Crippen molar-refractivity contribution in [1.82, 2.24) is 20.5 Å². The van der Waals surface area contributed by atoms with E-state index in [9.17, 15) is 19.5 Å². The zero-order chi connectivity index (χ0) is 31.4. The zero-order valence-electron chi connectivity index (χ0n) is 26.4. The number of likely N-dealkylation sites (tertiary alicyclic amines) is 1. The fourth-order valence-corrected chi connectivity index (χ4v) is 6.32. The Morgan fingerprint density at radius 2 is 1.67 bits per heavy atom. The van der Waals surface area contributed by atoms with Crippen molar-refractivity contribution in [1.29, 1.82) is 0 Å². The highest BCUT2D eigenvalue weighted by atomic mass is 32.1. The van der Waals surface area contributed by atoms with Crippen LogP contribution in [0.3, 0.4) is 0 Å². The van der Waals surface area contributed by atoms with Gasteiger partial charge in [-0.15, -0.1) is 11.3 Å². The predicted molar refractivity (Wildman–Crippen MR) is 172 cm³/mol. The summed E-state index contributed by atoms with van der Waals surface area (Å²) in [6.07, 6.45) is 8.40. The van der Waals surface area contributed by atoms with Gasteiger partial charge in [0, 0.05) is 25.9 Å². The predicted octanol–water partition coefficient (Wildman–Crippen LogP) is 4.70. The molecule has 9 nitrogen and oxygen atoms in total.